The van der Waals surface area contributed by atoms with E-state index in [1.54, 1.807) is 6.07 Å². The third kappa shape index (κ3) is 3.09. The molecule has 0 saturated heterocycles. The van der Waals surface area contributed by atoms with E-state index in [1.807, 2.05) is 13.0 Å². The second-order valence-corrected chi connectivity index (χ2v) is 2.33. The summed E-state index contributed by atoms with van der Waals surface area (Å²) in [5, 5.41) is 7.57. The minimum absolute atomic E-state index is 0. The molecule has 0 bridgehead atoms. The van der Waals surface area contributed by atoms with Crippen molar-refractivity contribution in [1.29, 1.82) is 0 Å². The molecule has 0 aliphatic rings. The first-order valence-corrected chi connectivity index (χ1v) is 3.32. The summed E-state index contributed by atoms with van der Waals surface area (Å²) in [6, 6.07) is 6.63. The van der Waals surface area contributed by atoms with Crippen LogP contribution in [0.15, 0.2) is 18.5 Å². The Kier molecular flexibility index (Phi) is 6.57. The summed E-state index contributed by atoms with van der Waals surface area (Å²) < 4.78 is 0. The van der Waals surface area contributed by atoms with E-state index in [0.717, 1.165) is 16.6 Å². The van der Waals surface area contributed by atoms with Gasteiger partial charge in [0.05, 0.1) is 0 Å². The van der Waals surface area contributed by atoms with Crippen molar-refractivity contribution in [2.24, 2.45) is 0 Å². The monoisotopic (exact) mass is 322 g/mol. The van der Waals surface area contributed by atoms with Gasteiger partial charge in [0.1, 0.15) is 6.33 Å². The van der Waals surface area contributed by atoms with Crippen LogP contribution >= 0.6 is 0 Å². The number of hydrogen-bond acceptors (Lipinski definition) is 3. The van der Waals surface area contributed by atoms with E-state index in [0.29, 0.717) is 0 Å². The first-order valence-electron chi connectivity index (χ1n) is 3.32. The molecule has 0 aliphatic carbocycles. The molecule has 0 unspecified atom stereocenters. The Bertz CT molecular complexity index is 387. The minimum Gasteiger partial charge on any atom is -0.259 e. The standard InChI is InChI=1S/C8H6N3.2Y/c1-6-3-2-4-7-8(6)9-5-10-11-7;;/h3-5H,1H3;;/q-1;;. The van der Waals surface area contributed by atoms with Gasteiger partial charge in [-0.1, -0.05) is 6.92 Å². The fourth-order valence-corrected chi connectivity index (χ4v) is 1.00. The number of aryl methyl sites for hydroxylation is 1. The Morgan fingerprint density at radius 2 is 2.00 bits per heavy atom. The molecule has 1 aromatic heterocycles. The van der Waals surface area contributed by atoms with Gasteiger partial charge in [-0.3, -0.25) is 4.98 Å². The van der Waals surface area contributed by atoms with Crippen LogP contribution in [0, 0.1) is 13.0 Å². The van der Waals surface area contributed by atoms with Crippen LogP contribution in [0.4, 0.5) is 0 Å². The first kappa shape index (κ1) is 13.7. The minimum atomic E-state index is 0. The summed E-state index contributed by atoms with van der Waals surface area (Å²) >= 11 is 0. The van der Waals surface area contributed by atoms with E-state index in [2.05, 4.69) is 21.2 Å². The van der Waals surface area contributed by atoms with Gasteiger partial charge < -0.3 is 0 Å². The van der Waals surface area contributed by atoms with Crippen LogP contribution in [0.3, 0.4) is 0 Å². The van der Waals surface area contributed by atoms with Crippen molar-refractivity contribution in [3.05, 3.63) is 30.1 Å². The number of nitrogens with zero attached hydrogens (tertiary/aromatic N) is 3. The SMILES string of the molecule is Cc1c[c-]cc2nncnc12.[Y].[Y]. The molecule has 13 heavy (non-hydrogen) atoms. The zero-order chi connectivity index (χ0) is 7.68. The van der Waals surface area contributed by atoms with Gasteiger partial charge in [-0.15, -0.1) is 11.6 Å². The summed E-state index contributed by atoms with van der Waals surface area (Å²) in [4.78, 5) is 4.09. The Hall–Kier alpha value is 0.698. The van der Waals surface area contributed by atoms with Crippen molar-refractivity contribution < 1.29 is 65.4 Å². The summed E-state index contributed by atoms with van der Waals surface area (Å²) in [5.41, 5.74) is 2.78. The predicted molar refractivity (Wildman–Crippen MR) is 40.9 cm³/mol. The molecule has 2 aromatic rings. The normalized spacial score (nSPS) is 8.69. The molecule has 2 radical (unpaired) electrons. The van der Waals surface area contributed by atoms with Crippen LogP contribution in [0.5, 0.6) is 0 Å². The molecule has 0 fully saturated rings. The van der Waals surface area contributed by atoms with Crippen molar-refractivity contribution in [2.75, 3.05) is 0 Å². The second kappa shape index (κ2) is 6.23. The van der Waals surface area contributed by atoms with E-state index >= 15 is 0 Å². The van der Waals surface area contributed by atoms with Crippen LogP contribution < -0.4 is 0 Å². The van der Waals surface area contributed by atoms with Crippen LogP contribution in [0.25, 0.3) is 11.0 Å². The molecule has 0 saturated carbocycles. The van der Waals surface area contributed by atoms with Gasteiger partial charge >= 0.3 is 0 Å². The first-order chi connectivity index (χ1) is 5.38. The summed E-state index contributed by atoms with van der Waals surface area (Å²) in [5.74, 6) is 0. The summed E-state index contributed by atoms with van der Waals surface area (Å²) in [6.07, 6.45) is 1.45. The van der Waals surface area contributed by atoms with Gasteiger partial charge in [0.25, 0.3) is 0 Å². The number of rotatable bonds is 0. The molecular weight excluding hydrogens is 316 g/mol. The Balaban J connectivity index is 0.000000720. The van der Waals surface area contributed by atoms with Gasteiger partial charge in [0, 0.05) is 70.9 Å². The molecule has 0 amide bonds. The Labute approximate surface area is 127 Å². The van der Waals surface area contributed by atoms with Crippen molar-refractivity contribution >= 4 is 11.0 Å². The fraction of sp³-hybridized carbons (Fsp3) is 0.125. The van der Waals surface area contributed by atoms with E-state index in [9.17, 15) is 0 Å². The smallest absolute Gasteiger partial charge is 0.135 e. The quantitative estimate of drug-likeness (QED) is 0.683. The molecule has 60 valence electrons. The van der Waals surface area contributed by atoms with Crippen LogP contribution in [-0.4, -0.2) is 15.2 Å². The maximum absolute atomic E-state index is 4.09. The van der Waals surface area contributed by atoms with Crippen molar-refractivity contribution in [1.82, 2.24) is 15.2 Å². The molecular formula is C8H6N3Y2-. The number of hydrogen-bond donors (Lipinski definition) is 0. The molecule has 3 nitrogen and oxygen atoms in total. The zero-order valence-corrected chi connectivity index (χ0v) is 12.9. The zero-order valence-electron chi connectivity index (χ0n) is 7.23. The van der Waals surface area contributed by atoms with E-state index in [4.69, 9.17) is 0 Å². The van der Waals surface area contributed by atoms with Gasteiger partial charge in [-0.2, -0.15) is 17.2 Å². The molecule has 2 rings (SSSR count). The van der Waals surface area contributed by atoms with E-state index < -0.39 is 0 Å². The van der Waals surface area contributed by atoms with Gasteiger partial charge in [0.15, 0.2) is 0 Å². The average molecular weight is 322 g/mol. The third-order valence-electron chi connectivity index (χ3n) is 1.54. The number of fused-ring (bicyclic) bond motifs is 1. The maximum atomic E-state index is 4.09. The Morgan fingerprint density at radius 1 is 1.23 bits per heavy atom. The molecule has 5 heteroatoms. The van der Waals surface area contributed by atoms with Crippen LogP contribution in [0.2, 0.25) is 0 Å². The number of aromatic nitrogens is 3. The van der Waals surface area contributed by atoms with Gasteiger partial charge in [-0.25, -0.2) is 5.10 Å². The molecule has 0 aliphatic heterocycles. The summed E-state index contributed by atoms with van der Waals surface area (Å²) in [6.45, 7) is 1.98. The molecule has 0 spiro atoms. The molecule has 0 atom stereocenters. The molecule has 1 aromatic carbocycles. The molecule has 1 heterocycles. The third-order valence-corrected chi connectivity index (χ3v) is 1.54. The van der Waals surface area contributed by atoms with Crippen molar-refractivity contribution in [2.45, 2.75) is 6.92 Å². The summed E-state index contributed by atoms with van der Waals surface area (Å²) in [7, 11) is 0. The van der Waals surface area contributed by atoms with Crippen LogP contribution in [0.1, 0.15) is 5.56 Å². The molecule has 0 N–H and O–H groups in total. The van der Waals surface area contributed by atoms with E-state index in [1.165, 1.54) is 6.33 Å². The van der Waals surface area contributed by atoms with Gasteiger partial charge in [0.2, 0.25) is 0 Å². The maximum Gasteiger partial charge on any atom is 0.135 e. The van der Waals surface area contributed by atoms with Crippen molar-refractivity contribution in [3.63, 3.8) is 0 Å². The Morgan fingerprint density at radius 3 is 2.69 bits per heavy atom. The van der Waals surface area contributed by atoms with Gasteiger partial charge in [-0.05, 0) is 5.52 Å². The predicted octanol–water partition coefficient (Wildman–Crippen LogP) is 1.13. The van der Waals surface area contributed by atoms with Crippen molar-refractivity contribution in [3.8, 4) is 0 Å². The largest absolute Gasteiger partial charge is 0.259 e. The number of benzene rings is 1. The van der Waals surface area contributed by atoms with Crippen LogP contribution in [-0.2, 0) is 65.4 Å². The average Bonchev–Trinajstić information content (AvgIpc) is 2.06. The second-order valence-electron chi connectivity index (χ2n) is 2.33. The topological polar surface area (TPSA) is 38.7 Å². The van der Waals surface area contributed by atoms with E-state index in [-0.39, 0.29) is 65.4 Å². The fourth-order valence-electron chi connectivity index (χ4n) is 1.00.